The second-order valence-corrected chi connectivity index (χ2v) is 7.32. The Morgan fingerprint density at radius 2 is 1.88 bits per heavy atom. The van der Waals surface area contributed by atoms with Gasteiger partial charge in [0.05, 0.1) is 19.2 Å². The lowest BCUT2D eigenvalue weighted by Gasteiger charge is -2.28. The molecule has 5 heteroatoms. The number of benzene rings is 2. The molecular weight excluding hydrogens is 437 g/mol. The van der Waals surface area contributed by atoms with Crippen molar-refractivity contribution in [2.45, 2.75) is 38.6 Å². The highest BCUT2D eigenvalue weighted by molar-refractivity contribution is 14.0. The fraction of sp³-hybridized carbons (Fsp3) is 0.381. The van der Waals surface area contributed by atoms with Gasteiger partial charge in [0.25, 0.3) is 0 Å². The largest absolute Gasteiger partial charge is 0.493 e. The summed E-state index contributed by atoms with van der Waals surface area (Å²) in [5.41, 5.74) is 9.79. The van der Waals surface area contributed by atoms with Gasteiger partial charge in [-0.05, 0) is 18.6 Å². The number of fused-ring (bicyclic) bond motifs is 1. The van der Waals surface area contributed by atoms with E-state index in [-0.39, 0.29) is 35.4 Å². The second kappa shape index (κ2) is 8.75. The molecule has 1 unspecified atom stereocenters. The maximum Gasteiger partial charge on any atom is 0.189 e. The van der Waals surface area contributed by atoms with Crippen LogP contribution in [0.2, 0.25) is 0 Å². The minimum Gasteiger partial charge on any atom is -0.493 e. The Hall–Kier alpha value is -1.76. The average molecular weight is 465 g/mol. The molecule has 0 amide bonds. The Bertz CT molecular complexity index is 756. The molecule has 0 spiro atoms. The molecule has 3 N–H and O–H groups in total. The van der Waals surface area contributed by atoms with Crippen molar-refractivity contribution in [3.63, 3.8) is 0 Å². The molecule has 2 aromatic carbocycles. The molecule has 0 aromatic heterocycles. The number of ether oxygens (including phenoxy) is 1. The fourth-order valence-electron chi connectivity index (χ4n) is 3.10. The summed E-state index contributed by atoms with van der Waals surface area (Å²) in [7, 11) is 0. The van der Waals surface area contributed by atoms with Gasteiger partial charge in [-0.1, -0.05) is 61.9 Å². The standard InChI is InChI=1S/C21H27N3O.HI/c1-15-8-10-16(11-9-15)21(2,3)14-23-20(22)24-18-12-13-25-19-7-5-4-6-17(18)19;/h4-11,18H,12-14H2,1-3H3,(H3,22,23,24);1H. The zero-order chi connectivity index (χ0) is 17.9. The summed E-state index contributed by atoms with van der Waals surface area (Å²) in [5.74, 6) is 1.42. The van der Waals surface area contributed by atoms with E-state index in [9.17, 15) is 0 Å². The number of nitrogens with zero attached hydrogens (tertiary/aromatic N) is 1. The summed E-state index contributed by atoms with van der Waals surface area (Å²) in [6, 6.07) is 16.9. The van der Waals surface area contributed by atoms with E-state index >= 15 is 0 Å². The number of nitrogens with one attached hydrogen (secondary N) is 1. The van der Waals surface area contributed by atoms with Gasteiger partial charge in [-0.3, -0.25) is 4.99 Å². The molecule has 0 saturated carbocycles. The predicted octanol–water partition coefficient (Wildman–Crippen LogP) is 4.32. The highest BCUT2D eigenvalue weighted by Crippen LogP contribution is 2.31. The Morgan fingerprint density at radius 1 is 1.19 bits per heavy atom. The Kier molecular flexibility index (Phi) is 6.92. The van der Waals surface area contributed by atoms with Crippen LogP contribution in [0.15, 0.2) is 53.5 Å². The summed E-state index contributed by atoms with van der Waals surface area (Å²) in [6.07, 6.45) is 0.884. The minimum atomic E-state index is -0.0619. The highest BCUT2D eigenvalue weighted by Gasteiger charge is 2.23. The highest BCUT2D eigenvalue weighted by atomic mass is 127. The topological polar surface area (TPSA) is 59.6 Å². The van der Waals surface area contributed by atoms with Gasteiger partial charge in [-0.2, -0.15) is 0 Å². The van der Waals surface area contributed by atoms with Gasteiger partial charge in [-0.15, -0.1) is 24.0 Å². The van der Waals surface area contributed by atoms with Crippen LogP contribution in [-0.4, -0.2) is 19.1 Å². The van der Waals surface area contributed by atoms with Crippen molar-refractivity contribution in [1.82, 2.24) is 5.32 Å². The molecule has 4 nitrogen and oxygen atoms in total. The van der Waals surface area contributed by atoms with Crippen LogP contribution < -0.4 is 15.8 Å². The maximum absolute atomic E-state index is 6.17. The van der Waals surface area contributed by atoms with Crippen molar-refractivity contribution in [3.05, 3.63) is 65.2 Å². The molecular formula is C21H28IN3O. The van der Waals surface area contributed by atoms with E-state index in [1.807, 2.05) is 18.2 Å². The summed E-state index contributed by atoms with van der Waals surface area (Å²) in [6.45, 7) is 7.82. The summed E-state index contributed by atoms with van der Waals surface area (Å²) < 4.78 is 5.70. The first-order valence-corrected chi connectivity index (χ1v) is 8.81. The monoisotopic (exact) mass is 465 g/mol. The molecule has 0 aliphatic carbocycles. The summed E-state index contributed by atoms with van der Waals surface area (Å²) >= 11 is 0. The molecule has 3 rings (SSSR count). The van der Waals surface area contributed by atoms with Crippen molar-refractivity contribution in [2.75, 3.05) is 13.2 Å². The maximum atomic E-state index is 6.17. The first kappa shape index (κ1) is 20.6. The van der Waals surface area contributed by atoms with E-state index < -0.39 is 0 Å². The third-order valence-electron chi connectivity index (χ3n) is 4.76. The van der Waals surface area contributed by atoms with Crippen molar-refractivity contribution >= 4 is 29.9 Å². The molecule has 0 radical (unpaired) electrons. The molecule has 140 valence electrons. The first-order chi connectivity index (χ1) is 12.0. The smallest absolute Gasteiger partial charge is 0.189 e. The number of halogens is 1. The lowest BCUT2D eigenvalue weighted by Crippen LogP contribution is -2.38. The number of aliphatic imine (C=N–C) groups is 1. The van der Waals surface area contributed by atoms with Gasteiger partial charge < -0.3 is 15.8 Å². The van der Waals surface area contributed by atoms with Crippen LogP contribution in [0.4, 0.5) is 0 Å². The Morgan fingerprint density at radius 3 is 2.62 bits per heavy atom. The van der Waals surface area contributed by atoms with Crippen LogP contribution in [0.5, 0.6) is 5.75 Å². The molecule has 0 fully saturated rings. The van der Waals surface area contributed by atoms with Gasteiger partial charge in [0.15, 0.2) is 5.96 Å². The number of para-hydroxylation sites is 1. The normalized spacial score (nSPS) is 16.9. The minimum absolute atomic E-state index is 0. The third-order valence-corrected chi connectivity index (χ3v) is 4.76. The summed E-state index contributed by atoms with van der Waals surface area (Å²) in [4.78, 5) is 4.60. The van der Waals surface area contributed by atoms with E-state index in [2.05, 4.69) is 61.4 Å². The van der Waals surface area contributed by atoms with Crippen LogP contribution in [0.3, 0.4) is 0 Å². The number of hydrogen-bond donors (Lipinski definition) is 2. The van der Waals surface area contributed by atoms with Crippen molar-refractivity contribution in [1.29, 1.82) is 0 Å². The van der Waals surface area contributed by atoms with E-state index in [1.54, 1.807) is 0 Å². The number of guanidine groups is 1. The Labute approximate surface area is 173 Å². The lowest BCUT2D eigenvalue weighted by molar-refractivity contribution is 0.262. The quantitative estimate of drug-likeness (QED) is 0.402. The number of hydrogen-bond acceptors (Lipinski definition) is 2. The summed E-state index contributed by atoms with van der Waals surface area (Å²) in [5, 5.41) is 3.36. The molecule has 26 heavy (non-hydrogen) atoms. The van der Waals surface area contributed by atoms with Gasteiger partial charge >= 0.3 is 0 Å². The molecule has 1 atom stereocenters. The third kappa shape index (κ3) is 4.90. The zero-order valence-electron chi connectivity index (χ0n) is 15.7. The second-order valence-electron chi connectivity index (χ2n) is 7.32. The van der Waals surface area contributed by atoms with Crippen molar-refractivity contribution in [3.8, 4) is 5.75 Å². The van der Waals surface area contributed by atoms with E-state index in [0.717, 1.165) is 17.7 Å². The van der Waals surface area contributed by atoms with Gasteiger partial charge in [-0.25, -0.2) is 0 Å². The SMILES string of the molecule is Cc1ccc(C(C)(C)CN=C(N)NC2CCOc3ccccc32)cc1.I. The molecule has 1 aliphatic rings. The lowest BCUT2D eigenvalue weighted by atomic mass is 9.84. The van der Waals surface area contributed by atoms with Crippen LogP contribution in [0.1, 0.15) is 43.0 Å². The average Bonchev–Trinajstić information content (AvgIpc) is 2.61. The molecule has 2 aromatic rings. The van der Waals surface area contributed by atoms with E-state index in [0.29, 0.717) is 19.1 Å². The van der Waals surface area contributed by atoms with Crippen molar-refractivity contribution in [2.24, 2.45) is 10.7 Å². The number of rotatable bonds is 4. The molecule has 0 saturated heterocycles. The van der Waals surface area contributed by atoms with E-state index in [1.165, 1.54) is 11.1 Å². The van der Waals surface area contributed by atoms with Crippen LogP contribution in [-0.2, 0) is 5.41 Å². The fourth-order valence-corrected chi connectivity index (χ4v) is 3.10. The van der Waals surface area contributed by atoms with Gasteiger partial charge in [0.1, 0.15) is 5.75 Å². The zero-order valence-corrected chi connectivity index (χ0v) is 18.0. The number of aryl methyl sites for hydroxylation is 1. The van der Waals surface area contributed by atoms with Crippen LogP contribution in [0, 0.1) is 6.92 Å². The van der Waals surface area contributed by atoms with Gasteiger partial charge in [0, 0.05) is 17.4 Å². The van der Waals surface area contributed by atoms with Crippen LogP contribution >= 0.6 is 24.0 Å². The Balaban J connectivity index is 0.00000243. The number of nitrogens with two attached hydrogens (primary N) is 1. The van der Waals surface area contributed by atoms with Gasteiger partial charge in [0.2, 0.25) is 0 Å². The molecule has 0 bridgehead atoms. The van der Waals surface area contributed by atoms with Crippen LogP contribution in [0.25, 0.3) is 0 Å². The predicted molar refractivity (Wildman–Crippen MR) is 119 cm³/mol. The molecule has 1 heterocycles. The van der Waals surface area contributed by atoms with Crippen molar-refractivity contribution < 1.29 is 4.74 Å². The molecule has 1 aliphatic heterocycles. The van der Waals surface area contributed by atoms with E-state index in [4.69, 9.17) is 10.5 Å². The first-order valence-electron chi connectivity index (χ1n) is 8.81.